The molecular formula is C17H14Cl2F3N3O. The number of carbonyl (C=O) groups excluding carboxylic acids is 1. The van der Waals surface area contributed by atoms with Crippen LogP contribution in [0.25, 0.3) is 0 Å². The lowest BCUT2D eigenvalue weighted by atomic mass is 10.1. The van der Waals surface area contributed by atoms with Gasteiger partial charge in [-0.2, -0.15) is 13.2 Å². The Kier molecular flexibility index (Phi) is 5.29. The van der Waals surface area contributed by atoms with Crippen LogP contribution in [0.3, 0.4) is 0 Å². The summed E-state index contributed by atoms with van der Waals surface area (Å²) in [5.74, 6) is 0.225. The Bertz CT molecular complexity index is 804. The summed E-state index contributed by atoms with van der Waals surface area (Å²) in [6, 6.07) is 7.22. The zero-order valence-corrected chi connectivity index (χ0v) is 14.9. The van der Waals surface area contributed by atoms with E-state index in [1.807, 2.05) is 4.90 Å². The first-order valence-corrected chi connectivity index (χ1v) is 8.54. The molecule has 9 heteroatoms. The van der Waals surface area contributed by atoms with Crippen LogP contribution in [-0.2, 0) is 6.18 Å². The Balaban J connectivity index is 1.65. The first-order chi connectivity index (χ1) is 12.3. The van der Waals surface area contributed by atoms with Crippen LogP contribution in [0.2, 0.25) is 10.0 Å². The molecule has 2 aromatic rings. The van der Waals surface area contributed by atoms with E-state index in [1.165, 1.54) is 6.07 Å². The van der Waals surface area contributed by atoms with E-state index in [0.717, 1.165) is 12.3 Å². The van der Waals surface area contributed by atoms with E-state index in [-0.39, 0.29) is 10.9 Å². The minimum atomic E-state index is -4.41. The minimum Gasteiger partial charge on any atom is -0.353 e. The van der Waals surface area contributed by atoms with Gasteiger partial charge in [-0.15, -0.1) is 0 Å². The van der Waals surface area contributed by atoms with E-state index in [1.54, 1.807) is 23.1 Å². The summed E-state index contributed by atoms with van der Waals surface area (Å²) in [6.07, 6.45) is -3.59. The van der Waals surface area contributed by atoms with Crippen LogP contribution in [0.5, 0.6) is 0 Å². The van der Waals surface area contributed by atoms with Gasteiger partial charge in [0.15, 0.2) is 0 Å². The lowest BCUT2D eigenvalue weighted by molar-refractivity contribution is -0.137. The number of pyridine rings is 1. The molecule has 1 aromatic heterocycles. The second kappa shape index (κ2) is 7.32. The Morgan fingerprint density at radius 1 is 1.04 bits per heavy atom. The number of halogens is 5. The molecule has 0 aliphatic carbocycles. The van der Waals surface area contributed by atoms with Crippen molar-refractivity contribution < 1.29 is 18.0 Å². The van der Waals surface area contributed by atoms with Crippen molar-refractivity contribution in [3.8, 4) is 0 Å². The summed E-state index contributed by atoms with van der Waals surface area (Å²) in [6.45, 7) is 1.74. The lowest BCUT2D eigenvalue weighted by Crippen LogP contribution is -2.49. The third-order valence-corrected chi connectivity index (χ3v) is 4.97. The molecule has 0 spiro atoms. The third-order valence-electron chi connectivity index (χ3n) is 4.15. The Morgan fingerprint density at radius 2 is 1.73 bits per heavy atom. The number of piperazine rings is 1. The van der Waals surface area contributed by atoms with Gasteiger partial charge in [-0.05, 0) is 24.3 Å². The molecule has 1 aliphatic rings. The Labute approximate surface area is 158 Å². The average Bonchev–Trinajstić information content (AvgIpc) is 2.63. The van der Waals surface area contributed by atoms with Gasteiger partial charge in [-0.1, -0.05) is 29.3 Å². The van der Waals surface area contributed by atoms with Crippen LogP contribution < -0.4 is 4.90 Å². The molecule has 0 atom stereocenters. The van der Waals surface area contributed by atoms with Gasteiger partial charge in [-0.3, -0.25) is 4.79 Å². The molecule has 4 nitrogen and oxygen atoms in total. The largest absolute Gasteiger partial charge is 0.417 e. The summed E-state index contributed by atoms with van der Waals surface area (Å²) in [5, 5.41) is 0.524. The van der Waals surface area contributed by atoms with Gasteiger partial charge in [0.25, 0.3) is 5.91 Å². The molecule has 0 saturated carbocycles. The average molecular weight is 404 g/mol. The van der Waals surface area contributed by atoms with Crippen molar-refractivity contribution in [2.45, 2.75) is 6.18 Å². The van der Waals surface area contributed by atoms with Gasteiger partial charge >= 0.3 is 6.18 Å². The zero-order valence-electron chi connectivity index (χ0n) is 13.4. The molecule has 1 aromatic carbocycles. The van der Waals surface area contributed by atoms with E-state index < -0.39 is 11.7 Å². The fraction of sp³-hybridized carbons (Fsp3) is 0.294. The van der Waals surface area contributed by atoms with Gasteiger partial charge in [0.1, 0.15) is 5.82 Å². The highest BCUT2D eigenvalue weighted by atomic mass is 35.5. The summed E-state index contributed by atoms with van der Waals surface area (Å²) < 4.78 is 37.8. The maximum Gasteiger partial charge on any atom is 0.417 e. The number of rotatable bonds is 2. The van der Waals surface area contributed by atoms with Gasteiger partial charge < -0.3 is 9.80 Å². The number of alkyl halides is 3. The standard InChI is InChI=1S/C17H14Cl2F3N3O/c18-13-3-1-2-12(15(13)19)16(26)25-8-6-24(7-9-25)14-5-4-11(10-23-14)17(20,21)22/h1-5,10H,6-9H2. The van der Waals surface area contributed by atoms with Crippen LogP contribution in [0, 0.1) is 0 Å². The monoisotopic (exact) mass is 403 g/mol. The molecule has 2 heterocycles. The molecule has 0 radical (unpaired) electrons. The highest BCUT2D eigenvalue weighted by Gasteiger charge is 2.31. The summed E-state index contributed by atoms with van der Waals surface area (Å²) >= 11 is 12.0. The molecule has 138 valence electrons. The van der Waals surface area contributed by atoms with Crippen molar-refractivity contribution in [1.29, 1.82) is 0 Å². The number of hydrogen-bond donors (Lipinski definition) is 0. The highest BCUT2D eigenvalue weighted by Crippen LogP contribution is 2.30. The van der Waals surface area contributed by atoms with Crippen LogP contribution in [-0.4, -0.2) is 42.0 Å². The van der Waals surface area contributed by atoms with E-state index in [9.17, 15) is 18.0 Å². The first-order valence-electron chi connectivity index (χ1n) is 7.79. The Morgan fingerprint density at radius 3 is 2.31 bits per heavy atom. The number of anilines is 1. The van der Waals surface area contributed by atoms with Crippen molar-refractivity contribution in [2.75, 3.05) is 31.1 Å². The maximum atomic E-state index is 12.6. The maximum absolute atomic E-state index is 12.6. The van der Waals surface area contributed by atoms with Gasteiger partial charge in [0.2, 0.25) is 0 Å². The van der Waals surface area contributed by atoms with E-state index >= 15 is 0 Å². The SMILES string of the molecule is O=C(c1cccc(Cl)c1Cl)N1CCN(c2ccc(C(F)(F)F)cn2)CC1. The van der Waals surface area contributed by atoms with Crippen molar-refractivity contribution in [3.63, 3.8) is 0 Å². The fourth-order valence-electron chi connectivity index (χ4n) is 2.72. The van der Waals surface area contributed by atoms with E-state index in [4.69, 9.17) is 23.2 Å². The molecule has 1 aliphatic heterocycles. The van der Waals surface area contributed by atoms with Crippen molar-refractivity contribution >= 4 is 34.9 Å². The van der Waals surface area contributed by atoms with Crippen molar-refractivity contribution in [2.24, 2.45) is 0 Å². The molecule has 0 bridgehead atoms. The van der Waals surface area contributed by atoms with E-state index in [0.29, 0.717) is 42.6 Å². The van der Waals surface area contributed by atoms with Crippen LogP contribution in [0.15, 0.2) is 36.5 Å². The number of amides is 1. The van der Waals surface area contributed by atoms with Gasteiger partial charge in [-0.25, -0.2) is 4.98 Å². The fourth-order valence-corrected chi connectivity index (χ4v) is 3.10. The number of hydrogen-bond acceptors (Lipinski definition) is 3. The number of aromatic nitrogens is 1. The van der Waals surface area contributed by atoms with E-state index in [2.05, 4.69) is 4.98 Å². The van der Waals surface area contributed by atoms with Gasteiger partial charge in [0.05, 0.1) is 21.2 Å². The first kappa shape index (κ1) is 18.8. The van der Waals surface area contributed by atoms with Crippen molar-refractivity contribution in [1.82, 2.24) is 9.88 Å². The zero-order chi connectivity index (χ0) is 18.9. The smallest absolute Gasteiger partial charge is 0.353 e. The topological polar surface area (TPSA) is 36.4 Å². The molecule has 0 unspecified atom stereocenters. The van der Waals surface area contributed by atoms with Crippen molar-refractivity contribution in [3.05, 3.63) is 57.7 Å². The van der Waals surface area contributed by atoms with Crippen LogP contribution in [0.1, 0.15) is 15.9 Å². The predicted octanol–water partition coefficient (Wildman–Crippen LogP) is 4.37. The van der Waals surface area contributed by atoms with Crippen LogP contribution in [0.4, 0.5) is 19.0 Å². The summed E-state index contributed by atoms with van der Waals surface area (Å²) in [4.78, 5) is 20.0. The second-order valence-electron chi connectivity index (χ2n) is 5.78. The molecule has 26 heavy (non-hydrogen) atoms. The molecule has 0 N–H and O–H groups in total. The molecule has 1 fully saturated rings. The highest BCUT2D eigenvalue weighted by molar-refractivity contribution is 6.43. The number of carbonyl (C=O) groups is 1. The summed E-state index contributed by atoms with van der Waals surface area (Å²) in [7, 11) is 0. The predicted molar refractivity (Wildman–Crippen MR) is 93.8 cm³/mol. The molecule has 1 saturated heterocycles. The Hall–Kier alpha value is -1.99. The normalized spacial score (nSPS) is 15.3. The number of benzene rings is 1. The molecule has 3 rings (SSSR count). The second-order valence-corrected chi connectivity index (χ2v) is 6.57. The summed E-state index contributed by atoms with van der Waals surface area (Å²) in [5.41, 5.74) is -0.453. The lowest BCUT2D eigenvalue weighted by Gasteiger charge is -2.35. The van der Waals surface area contributed by atoms with Crippen LogP contribution >= 0.6 is 23.2 Å². The third kappa shape index (κ3) is 3.88. The quantitative estimate of drug-likeness (QED) is 0.746. The number of nitrogens with zero attached hydrogens (tertiary/aromatic N) is 3. The molecule has 1 amide bonds. The molecular weight excluding hydrogens is 390 g/mol. The minimum absolute atomic E-state index is 0.214. The van der Waals surface area contributed by atoms with Gasteiger partial charge in [0, 0.05) is 32.4 Å².